The maximum atomic E-state index is 3.39. The van der Waals surface area contributed by atoms with Gasteiger partial charge in [-0.3, -0.25) is 18.1 Å². The van der Waals surface area contributed by atoms with Crippen LogP contribution in [0, 0.1) is 24.8 Å². The standard InChI is InChI=1S/C12H13.5Y/c1-3-10-4-5-11-6-9(2)7-12(11)8-10;;;;;/h3-5,7,9H,6H2,1-2H3;;;;;/q-3;;;;;. The van der Waals surface area contributed by atoms with Crippen molar-refractivity contribution in [3.8, 4) is 0 Å². The van der Waals surface area contributed by atoms with E-state index in [1.54, 1.807) is 0 Å². The molecule has 79 valence electrons. The Morgan fingerprint density at radius 3 is 2.29 bits per heavy atom. The second-order valence-electron chi connectivity index (χ2n) is 3.49. The van der Waals surface area contributed by atoms with Crippen LogP contribution in [0.4, 0.5) is 0 Å². The van der Waals surface area contributed by atoms with E-state index in [4.69, 9.17) is 0 Å². The predicted molar refractivity (Wildman–Crippen MR) is 50.6 cm³/mol. The van der Waals surface area contributed by atoms with Gasteiger partial charge in [-0.05, 0) is 0 Å². The summed E-state index contributed by atoms with van der Waals surface area (Å²) in [6.07, 6.45) is 5.59. The molecule has 17 heavy (non-hydrogen) atoms. The van der Waals surface area contributed by atoms with Gasteiger partial charge < -0.3 is 29.7 Å². The molecule has 0 saturated carbocycles. The Balaban J connectivity index is -0.000000169. The molecule has 0 bridgehead atoms. The van der Waals surface area contributed by atoms with Crippen LogP contribution < -0.4 is 0 Å². The van der Waals surface area contributed by atoms with E-state index in [-0.39, 0.29) is 164 Å². The summed E-state index contributed by atoms with van der Waals surface area (Å²) in [7, 11) is 0. The molecule has 1 aliphatic rings. The van der Waals surface area contributed by atoms with Gasteiger partial charge in [0.05, 0.1) is 0 Å². The fourth-order valence-electron chi connectivity index (χ4n) is 1.74. The molecule has 0 heterocycles. The first kappa shape index (κ1) is 29.5. The van der Waals surface area contributed by atoms with Crippen molar-refractivity contribution in [2.75, 3.05) is 0 Å². The van der Waals surface area contributed by atoms with Gasteiger partial charge in [-0.1, -0.05) is 6.92 Å². The van der Waals surface area contributed by atoms with Crippen molar-refractivity contribution >= 4 is 0 Å². The molecule has 1 aromatic rings. The molecule has 0 amide bonds. The maximum absolute atomic E-state index is 3.39. The number of rotatable bonds is 1. The van der Waals surface area contributed by atoms with Crippen molar-refractivity contribution in [3.05, 3.63) is 47.7 Å². The maximum Gasteiger partial charge on any atom is 0 e. The predicted octanol–water partition coefficient (Wildman–Crippen LogP) is 2.79. The molecule has 1 atom stereocenters. The van der Waals surface area contributed by atoms with Crippen LogP contribution in [-0.4, -0.2) is 0 Å². The summed E-state index contributed by atoms with van der Waals surface area (Å²) >= 11 is 0. The molecule has 0 fully saturated rings. The zero-order chi connectivity index (χ0) is 8.55. The minimum Gasteiger partial charge on any atom is -0.391 e. The molecule has 0 spiro atoms. The molecule has 0 aromatic heterocycles. The quantitative estimate of drug-likeness (QED) is 0.435. The second-order valence-corrected chi connectivity index (χ2v) is 3.49. The number of hydrogen-bond donors (Lipinski definition) is 0. The van der Waals surface area contributed by atoms with Gasteiger partial charge in [0.15, 0.2) is 0 Å². The average Bonchev–Trinajstić information content (AvgIpc) is 2.43. The smallest absolute Gasteiger partial charge is 0 e. The van der Waals surface area contributed by atoms with Gasteiger partial charge in [0, 0.05) is 164 Å². The first-order valence-corrected chi connectivity index (χ1v) is 4.49. The van der Waals surface area contributed by atoms with Crippen LogP contribution in [0.5, 0.6) is 0 Å². The molecule has 0 nitrogen and oxygen atoms in total. The summed E-state index contributed by atoms with van der Waals surface area (Å²) in [6, 6.07) is 7.76. The average molecular weight is 602 g/mol. The van der Waals surface area contributed by atoms with Crippen LogP contribution in [0.2, 0.25) is 0 Å². The molecule has 0 N–H and O–H groups in total. The summed E-state index contributed by atoms with van der Waals surface area (Å²) in [6.45, 7) is 4.31. The monoisotopic (exact) mass is 602 g/mol. The van der Waals surface area contributed by atoms with Gasteiger partial charge in [0.2, 0.25) is 0 Å². The Morgan fingerprint density at radius 2 is 1.76 bits per heavy atom. The van der Waals surface area contributed by atoms with Crippen molar-refractivity contribution in [1.82, 2.24) is 0 Å². The van der Waals surface area contributed by atoms with E-state index in [0.717, 1.165) is 0 Å². The third-order valence-corrected chi connectivity index (χ3v) is 2.39. The summed E-state index contributed by atoms with van der Waals surface area (Å²) < 4.78 is 0. The minimum absolute atomic E-state index is 0. The second kappa shape index (κ2) is 15.4. The molecule has 0 aliphatic heterocycles. The summed E-state index contributed by atoms with van der Waals surface area (Å²) in [5.74, 6) is 0.698. The van der Waals surface area contributed by atoms with E-state index >= 15 is 0 Å². The van der Waals surface area contributed by atoms with Crippen LogP contribution in [-0.2, 0) is 170 Å². The van der Waals surface area contributed by atoms with Crippen molar-refractivity contribution in [3.63, 3.8) is 0 Å². The zero-order valence-electron chi connectivity index (χ0n) is 10.5. The van der Waals surface area contributed by atoms with E-state index in [1.807, 2.05) is 0 Å². The SMILES string of the molecule is C[CH-]c1[c-]c2c(cc1)CC(C)[CH-]2.[Y].[Y].[Y].[Y].[Y]. The molecule has 2 rings (SSSR count). The molecular formula is C12H13Y5-3. The Kier molecular flexibility index (Phi) is 26.7. The molecule has 5 radical (unpaired) electrons. The van der Waals surface area contributed by atoms with Crippen molar-refractivity contribution < 1.29 is 164 Å². The molecular weight excluding hydrogens is 589 g/mol. The third kappa shape index (κ3) is 9.26. The van der Waals surface area contributed by atoms with Gasteiger partial charge in [0.1, 0.15) is 0 Å². The van der Waals surface area contributed by atoms with Crippen LogP contribution in [0.1, 0.15) is 30.5 Å². The Morgan fingerprint density at radius 1 is 1.18 bits per heavy atom. The fourth-order valence-corrected chi connectivity index (χ4v) is 1.74. The number of benzene rings is 1. The largest absolute Gasteiger partial charge is 0.391 e. The summed E-state index contributed by atoms with van der Waals surface area (Å²) in [5, 5.41) is 0. The first-order valence-electron chi connectivity index (χ1n) is 4.49. The molecule has 1 unspecified atom stereocenters. The fraction of sp³-hybridized carbons (Fsp3) is 0.333. The van der Waals surface area contributed by atoms with Crippen molar-refractivity contribution in [2.24, 2.45) is 5.92 Å². The molecule has 0 saturated heterocycles. The summed E-state index contributed by atoms with van der Waals surface area (Å²) in [4.78, 5) is 0. The Bertz CT molecular complexity index is 301. The van der Waals surface area contributed by atoms with Crippen LogP contribution in [0.3, 0.4) is 0 Å². The van der Waals surface area contributed by atoms with E-state index in [1.165, 1.54) is 23.1 Å². The normalized spacial score (nSPS) is 14.1. The van der Waals surface area contributed by atoms with E-state index in [2.05, 4.69) is 44.9 Å². The topological polar surface area (TPSA) is 0 Å². The van der Waals surface area contributed by atoms with E-state index in [9.17, 15) is 0 Å². The van der Waals surface area contributed by atoms with Gasteiger partial charge in [-0.15, -0.1) is 19.3 Å². The molecule has 1 aromatic carbocycles. The van der Waals surface area contributed by atoms with Gasteiger partial charge in [-0.25, -0.2) is 0 Å². The number of hydrogen-bond acceptors (Lipinski definition) is 0. The van der Waals surface area contributed by atoms with Crippen molar-refractivity contribution in [1.29, 1.82) is 0 Å². The molecule has 1 aliphatic carbocycles. The summed E-state index contributed by atoms with van der Waals surface area (Å²) in [5.41, 5.74) is 3.98. The zero-order valence-corrected chi connectivity index (χ0v) is 24.7. The van der Waals surface area contributed by atoms with Crippen LogP contribution >= 0.6 is 0 Å². The van der Waals surface area contributed by atoms with Gasteiger partial charge >= 0.3 is 0 Å². The van der Waals surface area contributed by atoms with Gasteiger partial charge in [-0.2, -0.15) is 0 Å². The van der Waals surface area contributed by atoms with Crippen LogP contribution in [0.25, 0.3) is 0 Å². The Labute approximate surface area is 232 Å². The van der Waals surface area contributed by atoms with E-state index < -0.39 is 0 Å². The first-order chi connectivity index (χ1) is 5.79. The number of fused-ring (bicyclic) bond motifs is 1. The Hall–Kier alpha value is 4.48. The minimum atomic E-state index is 0. The van der Waals surface area contributed by atoms with Crippen LogP contribution in [0.15, 0.2) is 12.1 Å². The third-order valence-electron chi connectivity index (χ3n) is 2.39. The van der Waals surface area contributed by atoms with Gasteiger partial charge in [0.25, 0.3) is 0 Å². The van der Waals surface area contributed by atoms with E-state index in [0.29, 0.717) is 5.92 Å². The van der Waals surface area contributed by atoms with Crippen molar-refractivity contribution in [2.45, 2.75) is 20.3 Å². The molecule has 5 heteroatoms.